The average molecular weight is 266 g/mol. The Morgan fingerprint density at radius 3 is 2.16 bits per heavy atom. The van der Waals surface area contributed by atoms with Crippen molar-refractivity contribution in [3.8, 4) is 5.75 Å². The summed E-state index contributed by atoms with van der Waals surface area (Å²) in [5.41, 5.74) is -0.841. The Bertz CT molecular complexity index is 604. The van der Waals surface area contributed by atoms with Gasteiger partial charge in [0, 0.05) is 5.56 Å². The summed E-state index contributed by atoms with van der Waals surface area (Å²) in [7, 11) is 0. The van der Waals surface area contributed by atoms with Crippen LogP contribution in [0, 0.1) is 0 Å². The first-order chi connectivity index (χ1) is 8.89. The van der Waals surface area contributed by atoms with Crippen LogP contribution in [-0.4, -0.2) is 10.9 Å². The summed E-state index contributed by atoms with van der Waals surface area (Å²) in [6.07, 6.45) is -4.55. The number of hydrogen-bond donors (Lipinski definition) is 1. The van der Waals surface area contributed by atoms with Crippen molar-refractivity contribution >= 4 is 5.78 Å². The number of carbonyl (C=O) groups excluding carboxylic acids is 1. The van der Waals surface area contributed by atoms with E-state index in [4.69, 9.17) is 0 Å². The number of alkyl halides is 3. The fourth-order valence-corrected chi connectivity index (χ4v) is 1.65. The van der Waals surface area contributed by atoms with Crippen LogP contribution in [0.25, 0.3) is 0 Å². The third-order valence-electron chi connectivity index (χ3n) is 2.61. The maximum Gasteiger partial charge on any atom is 0.416 e. The molecule has 0 aliphatic heterocycles. The van der Waals surface area contributed by atoms with Crippen molar-refractivity contribution in [3.05, 3.63) is 65.2 Å². The Kier molecular flexibility index (Phi) is 3.29. The Morgan fingerprint density at radius 1 is 1.00 bits per heavy atom. The molecule has 0 radical (unpaired) electrons. The van der Waals surface area contributed by atoms with E-state index in [1.165, 1.54) is 12.1 Å². The number of phenols is 1. The van der Waals surface area contributed by atoms with Crippen molar-refractivity contribution in [3.63, 3.8) is 0 Å². The quantitative estimate of drug-likeness (QED) is 0.842. The number of aromatic hydroxyl groups is 1. The van der Waals surface area contributed by atoms with Crippen LogP contribution in [-0.2, 0) is 6.18 Å². The molecular weight excluding hydrogens is 257 g/mol. The lowest BCUT2D eigenvalue weighted by molar-refractivity contribution is -0.137. The predicted octanol–water partition coefficient (Wildman–Crippen LogP) is 3.64. The third-order valence-corrected chi connectivity index (χ3v) is 2.61. The molecule has 0 fully saturated rings. The summed E-state index contributed by atoms with van der Waals surface area (Å²) < 4.78 is 37.3. The molecule has 0 heterocycles. The van der Waals surface area contributed by atoms with E-state index in [0.717, 1.165) is 12.1 Å². The average Bonchev–Trinajstić information content (AvgIpc) is 2.38. The normalized spacial score (nSPS) is 11.3. The highest BCUT2D eigenvalue weighted by atomic mass is 19.4. The maximum absolute atomic E-state index is 12.4. The lowest BCUT2D eigenvalue weighted by Crippen LogP contribution is -2.07. The van der Waals surface area contributed by atoms with E-state index in [9.17, 15) is 23.1 Å². The molecule has 0 saturated carbocycles. The minimum atomic E-state index is -4.55. The van der Waals surface area contributed by atoms with Gasteiger partial charge in [-0.1, -0.05) is 30.3 Å². The van der Waals surface area contributed by atoms with E-state index in [1.54, 1.807) is 18.2 Å². The molecule has 1 N–H and O–H groups in total. The highest BCUT2D eigenvalue weighted by Crippen LogP contribution is 2.33. The topological polar surface area (TPSA) is 37.3 Å². The Labute approximate surface area is 107 Å². The molecule has 0 bridgehead atoms. The van der Waals surface area contributed by atoms with E-state index in [0.29, 0.717) is 11.6 Å². The summed E-state index contributed by atoms with van der Waals surface area (Å²) in [5.74, 6) is -1.20. The van der Waals surface area contributed by atoms with Crippen LogP contribution in [0.3, 0.4) is 0 Å². The minimum Gasteiger partial charge on any atom is -0.507 e. The van der Waals surface area contributed by atoms with Crippen LogP contribution >= 0.6 is 0 Å². The van der Waals surface area contributed by atoms with Crippen molar-refractivity contribution in [1.29, 1.82) is 0 Å². The number of phenolic OH excluding ortho intramolecular Hbond substituents is 1. The molecule has 0 amide bonds. The first-order valence-electron chi connectivity index (χ1n) is 5.39. The van der Waals surface area contributed by atoms with Gasteiger partial charge in [-0.15, -0.1) is 0 Å². The van der Waals surface area contributed by atoms with Gasteiger partial charge in [0.15, 0.2) is 5.78 Å². The van der Waals surface area contributed by atoms with Crippen LogP contribution < -0.4 is 0 Å². The maximum atomic E-state index is 12.4. The Balaban J connectivity index is 2.40. The fourth-order valence-electron chi connectivity index (χ4n) is 1.65. The largest absolute Gasteiger partial charge is 0.507 e. The Morgan fingerprint density at radius 2 is 1.63 bits per heavy atom. The molecule has 0 unspecified atom stereocenters. The van der Waals surface area contributed by atoms with E-state index in [1.807, 2.05) is 0 Å². The molecule has 0 aliphatic rings. The van der Waals surface area contributed by atoms with E-state index < -0.39 is 23.3 Å². The van der Waals surface area contributed by atoms with Crippen molar-refractivity contribution < 1.29 is 23.1 Å². The molecule has 2 aromatic carbocycles. The zero-order chi connectivity index (χ0) is 14.0. The van der Waals surface area contributed by atoms with Gasteiger partial charge in [0.2, 0.25) is 0 Å². The molecule has 0 aromatic heterocycles. The number of hydrogen-bond acceptors (Lipinski definition) is 2. The van der Waals surface area contributed by atoms with Crippen LogP contribution in [0.5, 0.6) is 5.75 Å². The lowest BCUT2D eigenvalue weighted by Gasteiger charge is -2.09. The summed E-state index contributed by atoms with van der Waals surface area (Å²) in [6.45, 7) is 0. The second kappa shape index (κ2) is 4.76. The summed E-state index contributed by atoms with van der Waals surface area (Å²) in [4.78, 5) is 12.0. The summed E-state index contributed by atoms with van der Waals surface area (Å²) in [6, 6.07) is 10.3. The highest BCUT2D eigenvalue weighted by molar-refractivity contribution is 6.10. The van der Waals surface area contributed by atoms with Crippen molar-refractivity contribution in [2.24, 2.45) is 0 Å². The molecule has 2 rings (SSSR count). The van der Waals surface area contributed by atoms with E-state index in [-0.39, 0.29) is 5.56 Å². The lowest BCUT2D eigenvalue weighted by atomic mass is 10.0. The molecule has 0 saturated heterocycles. The number of benzene rings is 2. The van der Waals surface area contributed by atoms with Gasteiger partial charge in [-0.2, -0.15) is 13.2 Å². The van der Waals surface area contributed by atoms with E-state index in [2.05, 4.69) is 0 Å². The fraction of sp³-hybridized carbons (Fsp3) is 0.0714. The van der Waals surface area contributed by atoms with Crippen LogP contribution in [0.15, 0.2) is 48.5 Å². The first-order valence-corrected chi connectivity index (χ1v) is 5.39. The second-order valence-electron chi connectivity index (χ2n) is 3.92. The molecule has 0 atom stereocenters. The van der Waals surface area contributed by atoms with Crippen molar-refractivity contribution in [2.75, 3.05) is 0 Å². The third kappa shape index (κ3) is 2.76. The molecule has 5 heteroatoms. The van der Waals surface area contributed by atoms with Gasteiger partial charge >= 0.3 is 6.18 Å². The standard InChI is InChI=1S/C14H9F3O2/c15-14(16,17)10-6-7-11(12(18)8-10)13(19)9-4-2-1-3-5-9/h1-8,18H. The molecule has 0 aliphatic carbocycles. The number of rotatable bonds is 2. The van der Waals surface area contributed by atoms with Gasteiger partial charge in [-0.05, 0) is 18.2 Å². The number of ketones is 1. The Hall–Kier alpha value is -2.30. The molecular formula is C14H9F3O2. The number of carbonyl (C=O) groups is 1. The highest BCUT2D eigenvalue weighted by Gasteiger charge is 2.31. The van der Waals surface area contributed by atoms with E-state index >= 15 is 0 Å². The molecule has 98 valence electrons. The van der Waals surface area contributed by atoms with Crippen LogP contribution in [0.1, 0.15) is 21.5 Å². The van der Waals surface area contributed by atoms with Gasteiger partial charge in [0.1, 0.15) is 5.75 Å². The van der Waals surface area contributed by atoms with Gasteiger partial charge in [0.05, 0.1) is 11.1 Å². The second-order valence-corrected chi connectivity index (χ2v) is 3.92. The predicted molar refractivity (Wildman–Crippen MR) is 63.0 cm³/mol. The molecule has 19 heavy (non-hydrogen) atoms. The van der Waals surface area contributed by atoms with Gasteiger partial charge in [0.25, 0.3) is 0 Å². The summed E-state index contributed by atoms with van der Waals surface area (Å²) in [5, 5.41) is 9.57. The molecule has 0 spiro atoms. The molecule has 2 nitrogen and oxygen atoms in total. The SMILES string of the molecule is O=C(c1ccccc1)c1ccc(C(F)(F)F)cc1O. The summed E-state index contributed by atoms with van der Waals surface area (Å²) >= 11 is 0. The van der Waals surface area contributed by atoms with Crippen LogP contribution in [0.2, 0.25) is 0 Å². The van der Waals surface area contributed by atoms with Gasteiger partial charge in [-0.25, -0.2) is 0 Å². The minimum absolute atomic E-state index is 0.154. The van der Waals surface area contributed by atoms with Crippen molar-refractivity contribution in [1.82, 2.24) is 0 Å². The first kappa shape index (κ1) is 13.1. The monoisotopic (exact) mass is 266 g/mol. The number of halogens is 3. The molecule has 2 aromatic rings. The van der Waals surface area contributed by atoms with Crippen LogP contribution in [0.4, 0.5) is 13.2 Å². The smallest absolute Gasteiger partial charge is 0.416 e. The van der Waals surface area contributed by atoms with Gasteiger partial charge < -0.3 is 5.11 Å². The van der Waals surface area contributed by atoms with Crippen molar-refractivity contribution in [2.45, 2.75) is 6.18 Å². The zero-order valence-electron chi connectivity index (χ0n) is 9.61. The van der Waals surface area contributed by atoms with Gasteiger partial charge in [-0.3, -0.25) is 4.79 Å². The zero-order valence-corrected chi connectivity index (χ0v) is 9.61.